The molecule has 6 nitrogen and oxygen atoms in total. The number of hydrogen-bond donors (Lipinski definition) is 2. The van der Waals surface area contributed by atoms with Gasteiger partial charge in [-0.15, -0.1) is 0 Å². The number of rotatable bonds is 2. The van der Waals surface area contributed by atoms with Crippen molar-refractivity contribution in [1.29, 1.82) is 0 Å². The second-order valence-electron chi connectivity index (χ2n) is 3.86. The maximum absolute atomic E-state index is 10.5. The fourth-order valence-corrected chi connectivity index (χ4v) is 2.43. The summed E-state index contributed by atoms with van der Waals surface area (Å²) in [6.45, 7) is 0. The van der Waals surface area contributed by atoms with E-state index < -0.39 is 20.2 Å². The SMILES string of the molecule is O=S(=O)(O)c1ccc(Cl)cc1.O=S(=O)(O)c1ccc(Cl)cc1. The van der Waals surface area contributed by atoms with Gasteiger partial charge in [0.1, 0.15) is 0 Å². The Morgan fingerprint density at radius 2 is 0.818 bits per heavy atom. The molecule has 0 unspecified atom stereocenters. The zero-order valence-corrected chi connectivity index (χ0v) is 13.9. The average Bonchev–Trinajstić information content (AvgIpc) is 2.38. The van der Waals surface area contributed by atoms with Crippen LogP contribution in [0.1, 0.15) is 0 Å². The van der Waals surface area contributed by atoms with Gasteiger partial charge in [-0.05, 0) is 48.5 Å². The molecule has 120 valence electrons. The topological polar surface area (TPSA) is 109 Å². The van der Waals surface area contributed by atoms with Crippen molar-refractivity contribution in [3.8, 4) is 0 Å². The molecule has 0 amide bonds. The smallest absolute Gasteiger partial charge is 0.282 e. The molecule has 0 aliphatic rings. The normalized spacial score (nSPS) is 11.5. The molecule has 0 aliphatic carbocycles. The molecule has 0 fully saturated rings. The van der Waals surface area contributed by atoms with E-state index in [4.69, 9.17) is 32.3 Å². The first-order chi connectivity index (χ1) is 10.00. The molecule has 0 aliphatic heterocycles. The molecule has 0 bridgehead atoms. The van der Waals surface area contributed by atoms with E-state index in [1.807, 2.05) is 0 Å². The van der Waals surface area contributed by atoms with Gasteiger partial charge in [-0.2, -0.15) is 16.8 Å². The van der Waals surface area contributed by atoms with Crippen molar-refractivity contribution in [1.82, 2.24) is 0 Å². The Kier molecular flexibility index (Phi) is 6.36. The molecule has 0 aromatic heterocycles. The maximum Gasteiger partial charge on any atom is 0.294 e. The minimum absolute atomic E-state index is 0.151. The molecule has 2 aromatic rings. The van der Waals surface area contributed by atoms with Crippen LogP contribution in [0.2, 0.25) is 10.0 Å². The van der Waals surface area contributed by atoms with Crippen LogP contribution in [0.3, 0.4) is 0 Å². The highest BCUT2D eigenvalue weighted by Crippen LogP contribution is 2.13. The molecular formula is C12H10Cl2O6S2. The van der Waals surface area contributed by atoms with Gasteiger partial charge in [-0.25, -0.2) is 0 Å². The quantitative estimate of drug-likeness (QED) is 0.769. The first-order valence-electron chi connectivity index (χ1n) is 5.46. The first-order valence-corrected chi connectivity index (χ1v) is 9.10. The summed E-state index contributed by atoms with van der Waals surface area (Å²) in [7, 11) is -8.16. The van der Waals surface area contributed by atoms with Gasteiger partial charge in [0.25, 0.3) is 20.2 Å². The minimum Gasteiger partial charge on any atom is -0.282 e. The predicted octanol–water partition coefficient (Wildman–Crippen LogP) is 3.17. The Hall–Kier alpha value is -1.16. The summed E-state index contributed by atoms with van der Waals surface area (Å²) in [5, 5.41) is 0.856. The molecule has 2 N–H and O–H groups in total. The van der Waals surface area contributed by atoms with Gasteiger partial charge < -0.3 is 0 Å². The van der Waals surface area contributed by atoms with E-state index >= 15 is 0 Å². The van der Waals surface area contributed by atoms with Crippen LogP contribution in [0.5, 0.6) is 0 Å². The van der Waals surface area contributed by atoms with Crippen LogP contribution in [0.4, 0.5) is 0 Å². The Balaban J connectivity index is 0.000000220. The highest BCUT2D eigenvalue weighted by atomic mass is 35.5. The van der Waals surface area contributed by atoms with E-state index in [1.54, 1.807) is 0 Å². The van der Waals surface area contributed by atoms with Gasteiger partial charge >= 0.3 is 0 Å². The third kappa shape index (κ3) is 6.30. The summed E-state index contributed by atoms with van der Waals surface area (Å²) >= 11 is 11.0. The summed E-state index contributed by atoms with van der Waals surface area (Å²) in [5.41, 5.74) is 0. The number of hydrogen-bond acceptors (Lipinski definition) is 4. The molecule has 0 spiro atoms. The fraction of sp³-hybridized carbons (Fsp3) is 0. The van der Waals surface area contributed by atoms with Crippen LogP contribution in [-0.4, -0.2) is 25.9 Å². The molecule has 2 rings (SSSR count). The van der Waals surface area contributed by atoms with Gasteiger partial charge in [0, 0.05) is 10.0 Å². The van der Waals surface area contributed by atoms with Crippen molar-refractivity contribution >= 4 is 43.4 Å². The van der Waals surface area contributed by atoms with Crippen molar-refractivity contribution in [2.24, 2.45) is 0 Å². The lowest BCUT2D eigenvalue weighted by molar-refractivity contribution is 0.481. The summed E-state index contributed by atoms with van der Waals surface area (Å²) in [6.07, 6.45) is 0. The van der Waals surface area contributed by atoms with Crippen LogP contribution in [-0.2, 0) is 20.2 Å². The molecule has 0 atom stereocenters. The van der Waals surface area contributed by atoms with E-state index in [2.05, 4.69) is 0 Å². The Morgan fingerprint density at radius 1 is 0.591 bits per heavy atom. The number of halogens is 2. The van der Waals surface area contributed by atoms with E-state index in [1.165, 1.54) is 48.5 Å². The van der Waals surface area contributed by atoms with Gasteiger partial charge in [-0.1, -0.05) is 23.2 Å². The summed E-state index contributed by atoms with van der Waals surface area (Å²) < 4.78 is 58.8. The highest BCUT2D eigenvalue weighted by molar-refractivity contribution is 7.86. The highest BCUT2D eigenvalue weighted by Gasteiger charge is 2.07. The van der Waals surface area contributed by atoms with Crippen LogP contribution >= 0.6 is 23.2 Å². The summed E-state index contributed by atoms with van der Waals surface area (Å²) in [4.78, 5) is -0.302. The summed E-state index contributed by atoms with van der Waals surface area (Å²) in [6, 6.07) is 10.5. The first kappa shape index (κ1) is 18.9. The van der Waals surface area contributed by atoms with Gasteiger partial charge in [-0.3, -0.25) is 9.11 Å². The largest absolute Gasteiger partial charge is 0.294 e. The maximum atomic E-state index is 10.5. The van der Waals surface area contributed by atoms with E-state index in [9.17, 15) is 16.8 Å². The van der Waals surface area contributed by atoms with Crippen LogP contribution < -0.4 is 0 Å². The molecule has 22 heavy (non-hydrogen) atoms. The molecule has 0 heterocycles. The molecule has 10 heteroatoms. The van der Waals surface area contributed by atoms with Crippen molar-refractivity contribution in [3.63, 3.8) is 0 Å². The Bertz CT molecular complexity index is 755. The fourth-order valence-electron chi connectivity index (χ4n) is 1.21. The third-order valence-corrected chi connectivity index (χ3v) is 4.46. The second kappa shape index (κ2) is 7.40. The van der Waals surface area contributed by atoms with Crippen molar-refractivity contribution < 1.29 is 25.9 Å². The molecule has 0 saturated carbocycles. The molecule has 0 radical (unpaired) electrons. The van der Waals surface area contributed by atoms with Crippen LogP contribution in [0.15, 0.2) is 58.3 Å². The van der Waals surface area contributed by atoms with Gasteiger partial charge in [0.05, 0.1) is 9.79 Å². The average molecular weight is 385 g/mol. The Labute approximate surface area is 137 Å². The van der Waals surface area contributed by atoms with Crippen LogP contribution in [0.25, 0.3) is 0 Å². The monoisotopic (exact) mass is 384 g/mol. The molecule has 0 saturated heterocycles. The van der Waals surface area contributed by atoms with Crippen molar-refractivity contribution in [2.75, 3.05) is 0 Å². The van der Waals surface area contributed by atoms with Crippen molar-refractivity contribution in [3.05, 3.63) is 58.6 Å². The van der Waals surface area contributed by atoms with E-state index in [0.29, 0.717) is 10.0 Å². The number of benzene rings is 2. The van der Waals surface area contributed by atoms with Gasteiger partial charge in [0.15, 0.2) is 0 Å². The lowest BCUT2D eigenvalue weighted by Gasteiger charge is -1.94. The Morgan fingerprint density at radius 3 is 1.00 bits per heavy atom. The second-order valence-corrected chi connectivity index (χ2v) is 7.57. The van der Waals surface area contributed by atoms with Crippen molar-refractivity contribution in [2.45, 2.75) is 9.79 Å². The molecular weight excluding hydrogens is 375 g/mol. The van der Waals surface area contributed by atoms with E-state index in [-0.39, 0.29) is 9.79 Å². The van der Waals surface area contributed by atoms with Crippen LogP contribution in [0, 0.1) is 0 Å². The van der Waals surface area contributed by atoms with Gasteiger partial charge in [0.2, 0.25) is 0 Å². The lowest BCUT2D eigenvalue weighted by Crippen LogP contribution is -1.96. The summed E-state index contributed by atoms with van der Waals surface area (Å²) in [5.74, 6) is 0. The zero-order chi connectivity index (χ0) is 17.0. The predicted molar refractivity (Wildman–Crippen MR) is 82.5 cm³/mol. The molecule has 2 aromatic carbocycles. The standard InChI is InChI=1S/2C6H5ClO3S/c2*7-5-1-3-6(4-2-5)11(8,9)10/h2*1-4H,(H,8,9,10). The zero-order valence-electron chi connectivity index (χ0n) is 10.7. The van der Waals surface area contributed by atoms with E-state index in [0.717, 1.165) is 0 Å². The third-order valence-electron chi connectivity index (χ3n) is 2.22. The lowest BCUT2D eigenvalue weighted by atomic mass is 10.4. The minimum atomic E-state index is -4.08.